The predicted octanol–water partition coefficient (Wildman–Crippen LogP) is 5.88. The van der Waals surface area contributed by atoms with E-state index < -0.39 is 11.6 Å². The van der Waals surface area contributed by atoms with E-state index in [9.17, 15) is 18.7 Å². The van der Waals surface area contributed by atoms with Crippen LogP contribution in [0.15, 0.2) is 71.5 Å². The van der Waals surface area contributed by atoms with E-state index in [-0.39, 0.29) is 36.0 Å². The zero-order chi connectivity index (χ0) is 32.6. The molecule has 3 aromatic rings. The third kappa shape index (κ3) is 10.4. The number of aryl methyl sites for hydroxylation is 1. The number of anilines is 2. The summed E-state index contributed by atoms with van der Waals surface area (Å²) in [5, 5.41) is 22.2. The van der Waals surface area contributed by atoms with Gasteiger partial charge in [0.05, 0.1) is 19.3 Å². The number of pyridine rings is 1. The van der Waals surface area contributed by atoms with Gasteiger partial charge in [-0.15, -0.1) is 0 Å². The summed E-state index contributed by atoms with van der Waals surface area (Å²) in [6.45, 7) is 11.3. The highest BCUT2D eigenvalue weighted by Crippen LogP contribution is 2.24. The lowest BCUT2D eigenvalue weighted by Gasteiger charge is -2.31. The van der Waals surface area contributed by atoms with Crippen LogP contribution in [0.5, 0.6) is 5.75 Å². The standard InChI is InChI=1S/C21H26N6O2.C10H12F2O.C2H6/c1-13-6-4-5-7-17(13)20(22-3)21-26-16(12-28)11-19(27-21)25-15-8-9-23-18(10-15)24-14(2)29;1-3-8-9(11)5-7(13-4-2)6-10(8)12;1-2/h4-11,20-22,26,28H,12H2,1-3H3,(H2,23,24,25,27,29);5-6H,3-4H2,1-2H3;1-2H3. The largest absolute Gasteiger partial charge is 0.494 e. The molecule has 0 radical (unpaired) electrons. The summed E-state index contributed by atoms with van der Waals surface area (Å²) in [7, 11) is 1.89. The van der Waals surface area contributed by atoms with Gasteiger partial charge in [0.2, 0.25) is 5.91 Å². The van der Waals surface area contributed by atoms with Crippen molar-refractivity contribution in [2.45, 2.75) is 60.2 Å². The molecular formula is C33H44F2N6O3. The summed E-state index contributed by atoms with van der Waals surface area (Å²) in [5.74, 6) is 0.0395. The molecule has 0 fully saturated rings. The average Bonchev–Trinajstić information content (AvgIpc) is 3.00. The number of carbonyl (C=O) groups excluding carboxylic acids is 1. The lowest BCUT2D eigenvalue weighted by Crippen LogP contribution is -2.43. The van der Waals surface area contributed by atoms with Gasteiger partial charge < -0.3 is 31.1 Å². The fourth-order valence-corrected chi connectivity index (χ4v) is 4.43. The smallest absolute Gasteiger partial charge is 0.222 e. The Morgan fingerprint density at radius 3 is 2.36 bits per heavy atom. The number of aliphatic imine (C=N–C) groups is 1. The van der Waals surface area contributed by atoms with Gasteiger partial charge in [0.15, 0.2) is 0 Å². The highest BCUT2D eigenvalue weighted by Gasteiger charge is 2.26. The fourth-order valence-electron chi connectivity index (χ4n) is 4.43. The third-order valence-electron chi connectivity index (χ3n) is 6.36. The van der Waals surface area contributed by atoms with Crippen molar-refractivity contribution in [2.75, 3.05) is 30.9 Å². The number of hydrogen-bond acceptors (Lipinski definition) is 8. The van der Waals surface area contributed by atoms with Gasteiger partial charge in [-0.05, 0) is 44.5 Å². The second-order valence-corrected chi connectivity index (χ2v) is 9.44. The summed E-state index contributed by atoms with van der Waals surface area (Å²) in [6.07, 6.45) is 3.41. The maximum absolute atomic E-state index is 13.1. The summed E-state index contributed by atoms with van der Waals surface area (Å²) < 4.78 is 31.2. The molecular weight excluding hydrogens is 566 g/mol. The van der Waals surface area contributed by atoms with Crippen molar-refractivity contribution < 1.29 is 23.4 Å². The number of aliphatic hydroxyl groups excluding tert-OH is 1. The van der Waals surface area contributed by atoms with Crippen LogP contribution in [0, 0.1) is 18.6 Å². The highest BCUT2D eigenvalue weighted by atomic mass is 19.1. The molecule has 0 bridgehead atoms. The van der Waals surface area contributed by atoms with Crippen molar-refractivity contribution in [1.82, 2.24) is 15.6 Å². The van der Waals surface area contributed by atoms with E-state index in [1.807, 2.05) is 33.0 Å². The summed E-state index contributed by atoms with van der Waals surface area (Å²) in [4.78, 5) is 20.2. The summed E-state index contributed by atoms with van der Waals surface area (Å²) in [6, 6.07) is 14.0. The molecule has 1 aliphatic rings. The Kier molecular flexibility index (Phi) is 14.9. The number of amides is 1. The van der Waals surface area contributed by atoms with Crippen molar-refractivity contribution in [3.05, 3.63) is 94.8 Å². The van der Waals surface area contributed by atoms with Crippen LogP contribution >= 0.6 is 0 Å². The first-order valence-corrected chi connectivity index (χ1v) is 14.7. The van der Waals surface area contributed by atoms with Crippen LogP contribution in [-0.2, 0) is 11.2 Å². The number of ether oxygens (including phenoxy) is 1. The van der Waals surface area contributed by atoms with Crippen LogP contribution in [0.25, 0.3) is 0 Å². The van der Waals surface area contributed by atoms with E-state index in [0.29, 0.717) is 30.4 Å². The topological polar surface area (TPSA) is 120 Å². The molecule has 2 atom stereocenters. The molecule has 0 spiro atoms. The Morgan fingerprint density at radius 2 is 1.80 bits per heavy atom. The first kappa shape index (κ1) is 35.8. The third-order valence-corrected chi connectivity index (χ3v) is 6.36. The SMILES string of the molecule is CC.CCOc1cc(F)c(CC)c(F)c1.CNC(c1ccccc1C)C1N=C(Nc2ccnc(NC(C)=O)c2)C=C(CO)N1. The quantitative estimate of drug-likeness (QED) is 0.205. The van der Waals surface area contributed by atoms with Gasteiger partial charge in [0, 0.05) is 54.3 Å². The molecule has 4 rings (SSSR count). The van der Waals surface area contributed by atoms with Gasteiger partial charge in [-0.25, -0.2) is 18.8 Å². The number of rotatable bonds is 9. The number of carbonyl (C=O) groups is 1. The maximum Gasteiger partial charge on any atom is 0.222 e. The van der Waals surface area contributed by atoms with Gasteiger partial charge in [-0.3, -0.25) is 4.79 Å². The van der Waals surface area contributed by atoms with Crippen LogP contribution in [0.1, 0.15) is 57.4 Å². The zero-order valence-corrected chi connectivity index (χ0v) is 26.5. The lowest BCUT2D eigenvalue weighted by atomic mass is 9.98. The van der Waals surface area contributed by atoms with Crippen LogP contribution in [0.4, 0.5) is 20.3 Å². The first-order chi connectivity index (χ1) is 21.2. The Morgan fingerprint density at radius 1 is 1.11 bits per heavy atom. The van der Waals surface area contributed by atoms with Crippen molar-refractivity contribution in [3.63, 3.8) is 0 Å². The van der Waals surface area contributed by atoms with Crippen molar-refractivity contribution >= 4 is 23.2 Å². The zero-order valence-electron chi connectivity index (χ0n) is 26.5. The second-order valence-electron chi connectivity index (χ2n) is 9.44. The molecule has 5 N–H and O–H groups in total. The van der Waals surface area contributed by atoms with Crippen LogP contribution in [0.2, 0.25) is 0 Å². The molecule has 0 saturated heterocycles. The van der Waals surface area contributed by atoms with Gasteiger partial charge in [-0.1, -0.05) is 45.0 Å². The summed E-state index contributed by atoms with van der Waals surface area (Å²) >= 11 is 0. The van der Waals surface area contributed by atoms with E-state index in [1.54, 1.807) is 38.3 Å². The van der Waals surface area contributed by atoms with Gasteiger partial charge >= 0.3 is 0 Å². The molecule has 0 saturated carbocycles. The number of nitrogens with one attached hydrogen (secondary N) is 4. The van der Waals surface area contributed by atoms with Crippen LogP contribution in [-0.4, -0.2) is 48.3 Å². The number of nitrogens with zero attached hydrogens (tertiary/aromatic N) is 2. The van der Waals surface area contributed by atoms with Crippen LogP contribution in [0.3, 0.4) is 0 Å². The molecule has 11 heteroatoms. The number of amidine groups is 1. The van der Waals surface area contributed by atoms with Gasteiger partial charge in [0.1, 0.15) is 35.2 Å². The highest BCUT2D eigenvalue weighted by molar-refractivity contribution is 6.05. The number of aliphatic hydroxyl groups is 1. The predicted molar refractivity (Wildman–Crippen MR) is 173 cm³/mol. The molecule has 2 unspecified atom stereocenters. The lowest BCUT2D eigenvalue weighted by molar-refractivity contribution is -0.114. The molecule has 1 aliphatic heterocycles. The van der Waals surface area contributed by atoms with Crippen LogP contribution < -0.4 is 26.0 Å². The molecule has 1 amide bonds. The van der Waals surface area contributed by atoms with E-state index in [0.717, 1.165) is 16.8 Å². The molecule has 2 aromatic carbocycles. The summed E-state index contributed by atoms with van der Waals surface area (Å²) in [5.41, 5.74) is 3.80. The Bertz CT molecular complexity index is 1410. The number of likely N-dealkylation sites (N-methyl/N-ethyl adjacent to an activating group) is 1. The molecule has 9 nitrogen and oxygen atoms in total. The van der Waals surface area contributed by atoms with E-state index in [2.05, 4.69) is 45.3 Å². The van der Waals surface area contributed by atoms with Crippen molar-refractivity contribution in [2.24, 2.45) is 4.99 Å². The minimum Gasteiger partial charge on any atom is -0.494 e. The maximum atomic E-state index is 13.1. The van der Waals surface area contributed by atoms with Gasteiger partial charge in [0.25, 0.3) is 0 Å². The molecule has 1 aromatic heterocycles. The van der Waals surface area contributed by atoms with E-state index in [4.69, 9.17) is 9.73 Å². The monoisotopic (exact) mass is 610 g/mol. The first-order valence-electron chi connectivity index (χ1n) is 14.7. The van der Waals surface area contributed by atoms with E-state index in [1.165, 1.54) is 19.1 Å². The number of halogens is 2. The average molecular weight is 611 g/mol. The van der Waals surface area contributed by atoms with Crippen molar-refractivity contribution in [3.8, 4) is 5.75 Å². The minimum absolute atomic E-state index is 0.0874. The van der Waals surface area contributed by atoms with Gasteiger partial charge in [-0.2, -0.15) is 0 Å². The van der Waals surface area contributed by atoms with E-state index >= 15 is 0 Å². The fraction of sp³-hybridized carbons (Fsp3) is 0.364. The Hall–Kier alpha value is -4.35. The molecule has 44 heavy (non-hydrogen) atoms. The van der Waals surface area contributed by atoms with Crippen molar-refractivity contribution in [1.29, 1.82) is 0 Å². The molecule has 0 aliphatic carbocycles. The number of hydrogen-bond donors (Lipinski definition) is 5. The number of aromatic nitrogens is 1. The number of benzene rings is 2. The molecule has 2 heterocycles. The minimum atomic E-state index is -0.536. The second kappa shape index (κ2) is 18.3. The Labute approximate surface area is 258 Å². The normalized spacial score (nSPS) is 14.3. The molecule has 238 valence electrons. The Balaban J connectivity index is 0.000000376.